The van der Waals surface area contributed by atoms with E-state index in [1.54, 1.807) is 0 Å². The highest BCUT2D eigenvalue weighted by atomic mass is 19.3. The Balaban J connectivity index is 2.17. The zero-order valence-electron chi connectivity index (χ0n) is 8.77. The molecule has 0 spiro atoms. The van der Waals surface area contributed by atoms with E-state index < -0.39 is 18.9 Å². The highest BCUT2D eigenvalue weighted by molar-refractivity contribution is 4.78. The molecule has 1 rings (SSSR count). The van der Waals surface area contributed by atoms with Crippen LogP contribution in [0.5, 0.6) is 0 Å². The molecule has 0 aromatic carbocycles. The lowest BCUT2D eigenvalue weighted by molar-refractivity contribution is -0.126. The summed E-state index contributed by atoms with van der Waals surface area (Å²) in [4.78, 5) is 0. The molecule has 0 bridgehead atoms. The fraction of sp³-hybridized carbons (Fsp3) is 1.00. The van der Waals surface area contributed by atoms with Crippen LogP contribution in [-0.2, 0) is 4.74 Å². The Kier molecular flexibility index (Phi) is 4.94. The molecule has 7 heteroatoms. The largest absolute Gasteiger partial charge is 0.372 e. The van der Waals surface area contributed by atoms with Gasteiger partial charge in [-0.25, -0.2) is 8.78 Å². The number of hydrogen-bond acceptors (Lipinski definition) is 3. The molecule has 0 saturated carbocycles. The van der Waals surface area contributed by atoms with E-state index in [-0.39, 0.29) is 18.8 Å². The third-order valence-corrected chi connectivity index (χ3v) is 2.51. The second-order valence-electron chi connectivity index (χ2n) is 3.89. The number of ether oxygens (including phenoxy) is 1. The van der Waals surface area contributed by atoms with Gasteiger partial charge in [-0.2, -0.15) is 8.78 Å². The van der Waals surface area contributed by atoms with Gasteiger partial charge < -0.3 is 15.8 Å². The summed E-state index contributed by atoms with van der Waals surface area (Å²) in [5.74, 6) is -3.98. The Morgan fingerprint density at radius 1 is 1.31 bits per heavy atom. The maximum atomic E-state index is 12.5. The topological polar surface area (TPSA) is 47.3 Å². The van der Waals surface area contributed by atoms with E-state index in [0.717, 1.165) is 12.8 Å². The van der Waals surface area contributed by atoms with Gasteiger partial charge in [0.1, 0.15) is 0 Å². The number of rotatable bonds is 6. The monoisotopic (exact) mass is 244 g/mol. The Morgan fingerprint density at radius 3 is 2.44 bits per heavy atom. The van der Waals surface area contributed by atoms with Crippen LogP contribution < -0.4 is 11.1 Å². The van der Waals surface area contributed by atoms with Crippen LogP contribution in [0.15, 0.2) is 0 Å². The molecule has 0 aromatic heterocycles. The predicted octanol–water partition coefficient (Wildman–Crippen LogP) is 0.983. The summed E-state index contributed by atoms with van der Waals surface area (Å²) in [7, 11) is 0. The number of nitrogens with two attached hydrogens (primary N) is 1. The fourth-order valence-electron chi connectivity index (χ4n) is 1.58. The molecule has 3 nitrogen and oxygen atoms in total. The number of alkyl halides is 4. The lowest BCUT2D eigenvalue weighted by atomic mass is 10.2. The Labute approximate surface area is 91.3 Å². The number of hydrogen-bond donors (Lipinski definition) is 2. The molecule has 1 heterocycles. The molecule has 0 amide bonds. The van der Waals surface area contributed by atoms with Gasteiger partial charge in [-0.15, -0.1) is 0 Å². The third-order valence-electron chi connectivity index (χ3n) is 2.51. The minimum atomic E-state index is -3.98. The molecular formula is C9H16F4N2O. The van der Waals surface area contributed by atoms with E-state index in [1.807, 2.05) is 0 Å². The quantitative estimate of drug-likeness (QED) is 0.685. The van der Waals surface area contributed by atoms with E-state index in [1.165, 1.54) is 0 Å². The normalized spacial score (nSPS) is 26.6. The van der Waals surface area contributed by atoms with E-state index >= 15 is 0 Å². The molecule has 1 aliphatic rings. The predicted molar refractivity (Wildman–Crippen MR) is 50.8 cm³/mol. The van der Waals surface area contributed by atoms with Crippen LogP contribution in [0.25, 0.3) is 0 Å². The molecule has 3 N–H and O–H groups in total. The van der Waals surface area contributed by atoms with Crippen LogP contribution in [0.3, 0.4) is 0 Å². The first-order chi connectivity index (χ1) is 7.45. The second kappa shape index (κ2) is 5.79. The molecule has 1 saturated heterocycles. The van der Waals surface area contributed by atoms with Crippen molar-refractivity contribution in [2.45, 2.75) is 37.4 Å². The van der Waals surface area contributed by atoms with Gasteiger partial charge in [0.2, 0.25) is 0 Å². The standard InChI is InChI=1S/C9H16F4N2O/c10-8(11)9(12,13)5-15-4-7-2-1-6(3-14)16-7/h6-8,15H,1-5,14H2. The van der Waals surface area contributed by atoms with E-state index in [4.69, 9.17) is 10.5 Å². The van der Waals surface area contributed by atoms with Crippen LogP contribution in [0.1, 0.15) is 12.8 Å². The van der Waals surface area contributed by atoms with Crippen LogP contribution in [-0.4, -0.2) is 44.2 Å². The zero-order valence-corrected chi connectivity index (χ0v) is 8.77. The van der Waals surface area contributed by atoms with Crippen molar-refractivity contribution >= 4 is 0 Å². The highest BCUT2D eigenvalue weighted by Gasteiger charge is 2.40. The van der Waals surface area contributed by atoms with Crippen LogP contribution in [0.4, 0.5) is 17.6 Å². The Hall–Kier alpha value is -0.400. The van der Waals surface area contributed by atoms with Crippen molar-refractivity contribution in [1.82, 2.24) is 5.32 Å². The van der Waals surface area contributed by atoms with Crippen molar-refractivity contribution in [2.75, 3.05) is 19.6 Å². The Bertz CT molecular complexity index is 216. The summed E-state index contributed by atoms with van der Waals surface area (Å²) >= 11 is 0. The molecule has 2 atom stereocenters. The number of nitrogens with one attached hydrogen (secondary N) is 1. The molecule has 0 aliphatic carbocycles. The Morgan fingerprint density at radius 2 is 1.94 bits per heavy atom. The molecule has 0 aromatic rings. The van der Waals surface area contributed by atoms with E-state index in [9.17, 15) is 17.6 Å². The zero-order chi connectivity index (χ0) is 12.2. The lowest BCUT2D eigenvalue weighted by Gasteiger charge is -2.18. The first-order valence-corrected chi connectivity index (χ1v) is 5.18. The van der Waals surface area contributed by atoms with Crippen molar-refractivity contribution in [1.29, 1.82) is 0 Å². The van der Waals surface area contributed by atoms with Gasteiger partial charge in [-0.3, -0.25) is 0 Å². The van der Waals surface area contributed by atoms with Crippen molar-refractivity contribution < 1.29 is 22.3 Å². The lowest BCUT2D eigenvalue weighted by Crippen LogP contribution is -2.41. The van der Waals surface area contributed by atoms with Crippen LogP contribution in [0, 0.1) is 0 Å². The van der Waals surface area contributed by atoms with Gasteiger partial charge in [-0.05, 0) is 12.8 Å². The minimum Gasteiger partial charge on any atom is -0.372 e. The molecule has 2 unspecified atom stereocenters. The van der Waals surface area contributed by atoms with Gasteiger partial charge in [0, 0.05) is 13.1 Å². The van der Waals surface area contributed by atoms with Gasteiger partial charge in [0.15, 0.2) is 0 Å². The van der Waals surface area contributed by atoms with Gasteiger partial charge in [-0.1, -0.05) is 0 Å². The summed E-state index contributed by atoms with van der Waals surface area (Å²) in [5.41, 5.74) is 5.37. The summed E-state index contributed by atoms with van der Waals surface area (Å²) in [5, 5.41) is 2.30. The van der Waals surface area contributed by atoms with E-state index in [0.29, 0.717) is 6.54 Å². The van der Waals surface area contributed by atoms with Gasteiger partial charge in [0.05, 0.1) is 18.8 Å². The minimum absolute atomic E-state index is 0.0394. The van der Waals surface area contributed by atoms with Crippen molar-refractivity contribution in [3.8, 4) is 0 Å². The highest BCUT2D eigenvalue weighted by Crippen LogP contribution is 2.22. The molecule has 1 aliphatic heterocycles. The number of halogens is 4. The first kappa shape index (κ1) is 13.7. The smallest absolute Gasteiger partial charge is 0.319 e. The van der Waals surface area contributed by atoms with Crippen LogP contribution in [0.2, 0.25) is 0 Å². The summed E-state index contributed by atoms with van der Waals surface area (Å²) < 4.78 is 53.9. The van der Waals surface area contributed by atoms with Crippen LogP contribution >= 0.6 is 0 Å². The van der Waals surface area contributed by atoms with Crippen molar-refractivity contribution in [3.63, 3.8) is 0 Å². The summed E-state index contributed by atoms with van der Waals surface area (Å²) in [6, 6.07) is 0. The third kappa shape index (κ3) is 3.88. The second-order valence-corrected chi connectivity index (χ2v) is 3.89. The van der Waals surface area contributed by atoms with Crippen molar-refractivity contribution in [2.24, 2.45) is 5.73 Å². The summed E-state index contributed by atoms with van der Waals surface area (Å²) in [6.07, 6.45) is -2.38. The molecule has 1 fully saturated rings. The van der Waals surface area contributed by atoms with Gasteiger partial charge >= 0.3 is 12.3 Å². The van der Waals surface area contributed by atoms with E-state index in [2.05, 4.69) is 5.32 Å². The maximum Gasteiger partial charge on any atom is 0.319 e. The maximum absolute atomic E-state index is 12.5. The molecular weight excluding hydrogens is 228 g/mol. The summed E-state index contributed by atoms with van der Waals surface area (Å²) in [6.45, 7) is -0.486. The molecule has 16 heavy (non-hydrogen) atoms. The fourth-order valence-corrected chi connectivity index (χ4v) is 1.58. The molecule has 0 radical (unpaired) electrons. The SMILES string of the molecule is NCC1CCC(CNCC(F)(F)C(F)F)O1. The van der Waals surface area contributed by atoms with Gasteiger partial charge in [0.25, 0.3) is 0 Å². The molecule has 96 valence electrons. The average molecular weight is 244 g/mol. The first-order valence-electron chi connectivity index (χ1n) is 5.18. The van der Waals surface area contributed by atoms with Crippen molar-refractivity contribution in [3.05, 3.63) is 0 Å². The average Bonchev–Trinajstić information content (AvgIpc) is 2.65.